The lowest BCUT2D eigenvalue weighted by Crippen LogP contribution is -2.19. The van der Waals surface area contributed by atoms with Crippen LogP contribution < -0.4 is 5.32 Å². The molecular formula is C8H8ClFN2O. The number of amidine groups is 1. The molecule has 0 aliphatic rings. The number of rotatable bonds is 1. The highest BCUT2D eigenvalue weighted by Crippen LogP contribution is 2.15. The Labute approximate surface area is 79.8 Å². The molecule has 0 amide bonds. The number of nitrogens with zero attached hydrogens (tertiary/aromatic N) is 1. The van der Waals surface area contributed by atoms with Gasteiger partial charge in [-0.3, -0.25) is 0 Å². The molecule has 0 saturated carbocycles. The standard InChI is InChI=1S/C8H8ClFN2O/c1-11-8(12-13)5-2-3-6(9)7(10)4-5/h2-4,13H,1H3,(H,11,12). The monoisotopic (exact) mass is 202 g/mol. The first-order chi connectivity index (χ1) is 6.19. The van der Waals surface area contributed by atoms with Gasteiger partial charge in [-0.2, -0.15) is 0 Å². The summed E-state index contributed by atoms with van der Waals surface area (Å²) in [6.07, 6.45) is 0. The van der Waals surface area contributed by atoms with Crippen LogP contribution in [0.25, 0.3) is 0 Å². The van der Waals surface area contributed by atoms with E-state index in [2.05, 4.69) is 10.5 Å². The molecule has 0 saturated heterocycles. The lowest BCUT2D eigenvalue weighted by Gasteiger charge is -2.03. The zero-order chi connectivity index (χ0) is 9.84. The van der Waals surface area contributed by atoms with Crippen LogP contribution in [0.4, 0.5) is 4.39 Å². The molecule has 5 heteroatoms. The third kappa shape index (κ3) is 2.09. The highest BCUT2D eigenvalue weighted by Gasteiger charge is 2.05. The van der Waals surface area contributed by atoms with Crippen molar-refractivity contribution in [3.05, 3.63) is 34.6 Å². The van der Waals surface area contributed by atoms with Crippen LogP contribution in [0.5, 0.6) is 0 Å². The van der Waals surface area contributed by atoms with E-state index in [1.54, 1.807) is 13.1 Å². The summed E-state index contributed by atoms with van der Waals surface area (Å²) in [5.41, 5.74) is 0.437. The summed E-state index contributed by atoms with van der Waals surface area (Å²) >= 11 is 5.47. The van der Waals surface area contributed by atoms with E-state index in [-0.39, 0.29) is 10.9 Å². The van der Waals surface area contributed by atoms with Crippen molar-refractivity contribution in [2.45, 2.75) is 0 Å². The zero-order valence-electron chi connectivity index (χ0n) is 6.88. The van der Waals surface area contributed by atoms with Crippen LogP contribution in [0.2, 0.25) is 5.02 Å². The van der Waals surface area contributed by atoms with E-state index in [1.165, 1.54) is 12.1 Å². The van der Waals surface area contributed by atoms with E-state index in [0.717, 1.165) is 0 Å². The Morgan fingerprint density at radius 2 is 2.31 bits per heavy atom. The largest absolute Gasteiger partial charge is 0.409 e. The number of nitrogens with one attached hydrogen (secondary N) is 1. The van der Waals surface area contributed by atoms with Gasteiger partial charge in [-0.15, -0.1) is 0 Å². The summed E-state index contributed by atoms with van der Waals surface area (Å²) in [6, 6.07) is 4.14. The maximum absolute atomic E-state index is 12.9. The molecule has 0 atom stereocenters. The fourth-order valence-corrected chi connectivity index (χ4v) is 1.01. The maximum Gasteiger partial charge on any atom is 0.172 e. The highest BCUT2D eigenvalue weighted by molar-refractivity contribution is 6.30. The van der Waals surface area contributed by atoms with Crippen molar-refractivity contribution < 1.29 is 9.60 Å². The molecule has 2 N–H and O–H groups in total. The average Bonchev–Trinajstić information content (AvgIpc) is 2.13. The van der Waals surface area contributed by atoms with Gasteiger partial charge in [-0.1, -0.05) is 16.8 Å². The van der Waals surface area contributed by atoms with Crippen LogP contribution in [0.1, 0.15) is 5.56 Å². The Balaban J connectivity index is 3.10. The summed E-state index contributed by atoms with van der Waals surface area (Å²) in [5, 5.41) is 14.1. The van der Waals surface area contributed by atoms with Gasteiger partial charge in [-0.25, -0.2) is 4.39 Å². The first kappa shape index (κ1) is 9.80. The molecule has 0 bridgehead atoms. The number of hydrogen-bond acceptors (Lipinski definition) is 2. The molecule has 0 fully saturated rings. The Hall–Kier alpha value is -1.29. The summed E-state index contributed by atoms with van der Waals surface area (Å²) in [5.74, 6) is -0.355. The number of hydrogen-bond donors (Lipinski definition) is 2. The van der Waals surface area contributed by atoms with Crippen LogP contribution in [0.3, 0.4) is 0 Å². The van der Waals surface area contributed by atoms with Gasteiger partial charge in [0.15, 0.2) is 5.84 Å². The van der Waals surface area contributed by atoms with E-state index < -0.39 is 5.82 Å². The van der Waals surface area contributed by atoms with Gasteiger partial charge in [0.1, 0.15) is 5.82 Å². The van der Waals surface area contributed by atoms with Crippen molar-refractivity contribution in [3.8, 4) is 0 Å². The van der Waals surface area contributed by atoms with E-state index in [1.807, 2.05) is 0 Å². The van der Waals surface area contributed by atoms with E-state index >= 15 is 0 Å². The van der Waals surface area contributed by atoms with E-state index in [4.69, 9.17) is 16.8 Å². The first-order valence-corrected chi connectivity index (χ1v) is 3.92. The van der Waals surface area contributed by atoms with Crippen LogP contribution in [0, 0.1) is 5.82 Å². The Kier molecular flexibility index (Phi) is 3.08. The summed E-state index contributed by atoms with van der Waals surface area (Å²) in [6.45, 7) is 0. The molecule has 0 heterocycles. The van der Waals surface area contributed by atoms with Crippen molar-refractivity contribution in [1.29, 1.82) is 0 Å². The molecule has 1 aromatic rings. The van der Waals surface area contributed by atoms with Gasteiger partial charge in [-0.05, 0) is 18.2 Å². The predicted molar refractivity (Wildman–Crippen MR) is 48.8 cm³/mol. The number of benzene rings is 1. The second kappa shape index (κ2) is 4.09. The molecule has 0 aromatic heterocycles. The normalized spacial score (nSPS) is 11.5. The van der Waals surface area contributed by atoms with Crippen LogP contribution in [-0.4, -0.2) is 18.1 Å². The van der Waals surface area contributed by atoms with Crippen LogP contribution in [0.15, 0.2) is 23.4 Å². The molecule has 3 nitrogen and oxygen atoms in total. The molecular weight excluding hydrogens is 195 g/mol. The molecule has 13 heavy (non-hydrogen) atoms. The molecule has 0 aliphatic heterocycles. The molecule has 1 rings (SSSR count). The number of halogens is 2. The summed E-state index contributed by atoms with van der Waals surface area (Å²) < 4.78 is 12.9. The molecule has 0 unspecified atom stereocenters. The van der Waals surface area contributed by atoms with Gasteiger partial charge in [0, 0.05) is 12.6 Å². The molecule has 70 valence electrons. The SMILES string of the molecule is CN/C(=N\O)c1ccc(Cl)c(F)c1. The minimum Gasteiger partial charge on any atom is -0.409 e. The summed E-state index contributed by atoms with van der Waals surface area (Å²) in [7, 11) is 1.57. The van der Waals surface area contributed by atoms with Gasteiger partial charge >= 0.3 is 0 Å². The van der Waals surface area contributed by atoms with Crippen molar-refractivity contribution >= 4 is 17.4 Å². The minimum absolute atomic E-state index is 0.0390. The minimum atomic E-state index is -0.546. The van der Waals surface area contributed by atoms with Gasteiger partial charge in [0.25, 0.3) is 0 Å². The lowest BCUT2D eigenvalue weighted by molar-refractivity contribution is 0.317. The lowest BCUT2D eigenvalue weighted by atomic mass is 10.2. The third-order valence-electron chi connectivity index (χ3n) is 1.53. The molecule has 0 spiro atoms. The second-order valence-corrected chi connectivity index (χ2v) is 2.73. The van der Waals surface area contributed by atoms with Crippen molar-refractivity contribution in [2.75, 3.05) is 7.05 Å². The third-order valence-corrected chi connectivity index (χ3v) is 1.84. The zero-order valence-corrected chi connectivity index (χ0v) is 7.64. The second-order valence-electron chi connectivity index (χ2n) is 2.33. The van der Waals surface area contributed by atoms with Crippen LogP contribution >= 0.6 is 11.6 Å². The fourth-order valence-electron chi connectivity index (χ4n) is 0.896. The first-order valence-electron chi connectivity index (χ1n) is 3.54. The highest BCUT2D eigenvalue weighted by atomic mass is 35.5. The average molecular weight is 203 g/mol. The van der Waals surface area contributed by atoms with Crippen molar-refractivity contribution in [1.82, 2.24) is 5.32 Å². The van der Waals surface area contributed by atoms with Gasteiger partial charge in [0.05, 0.1) is 5.02 Å². The Morgan fingerprint density at radius 1 is 1.62 bits per heavy atom. The van der Waals surface area contributed by atoms with E-state index in [9.17, 15) is 4.39 Å². The summed E-state index contributed by atoms with van der Waals surface area (Å²) in [4.78, 5) is 0. The van der Waals surface area contributed by atoms with Gasteiger partial charge < -0.3 is 10.5 Å². The molecule has 1 aromatic carbocycles. The Bertz CT molecular complexity index is 341. The van der Waals surface area contributed by atoms with Gasteiger partial charge in [0.2, 0.25) is 0 Å². The molecule has 0 aliphatic carbocycles. The quantitative estimate of drug-likeness (QED) is 0.316. The van der Waals surface area contributed by atoms with Crippen LogP contribution in [-0.2, 0) is 0 Å². The fraction of sp³-hybridized carbons (Fsp3) is 0.125. The van der Waals surface area contributed by atoms with E-state index in [0.29, 0.717) is 5.56 Å². The van der Waals surface area contributed by atoms with Crippen molar-refractivity contribution in [3.63, 3.8) is 0 Å². The number of oxime groups is 1. The topological polar surface area (TPSA) is 44.6 Å². The maximum atomic E-state index is 12.9. The molecule has 0 radical (unpaired) electrons. The van der Waals surface area contributed by atoms with Crippen molar-refractivity contribution in [2.24, 2.45) is 5.16 Å². The Morgan fingerprint density at radius 3 is 2.77 bits per heavy atom. The smallest absolute Gasteiger partial charge is 0.172 e. The predicted octanol–water partition coefficient (Wildman–Crippen LogP) is 1.83.